The van der Waals surface area contributed by atoms with Gasteiger partial charge in [0.05, 0.1) is 6.61 Å². The maximum absolute atomic E-state index is 11.4. The minimum absolute atomic E-state index is 0.212. The number of amides is 1. The zero-order chi connectivity index (χ0) is 9.35. The smallest absolute Gasteiger partial charge is 0.249 e. The Labute approximate surface area is 68.6 Å². The van der Waals surface area contributed by atoms with Gasteiger partial charge in [0, 0.05) is 6.54 Å². The van der Waals surface area contributed by atoms with E-state index >= 15 is 0 Å². The molecular weight excluding hydrogens is 142 g/mol. The fourth-order valence-corrected chi connectivity index (χ4v) is 1.10. The largest absolute Gasteiger partial charge is 0.366 e. The van der Waals surface area contributed by atoms with E-state index in [0.29, 0.717) is 13.2 Å². The van der Waals surface area contributed by atoms with E-state index < -0.39 is 6.10 Å². The van der Waals surface area contributed by atoms with Gasteiger partial charge in [-0.3, -0.25) is 4.79 Å². The van der Waals surface area contributed by atoms with Crippen molar-refractivity contribution in [3.8, 4) is 0 Å². The molecule has 0 aromatic heterocycles. The second kappa shape index (κ2) is 2.81. The zero-order valence-corrected chi connectivity index (χ0v) is 7.26. The highest BCUT2D eigenvalue weighted by Gasteiger charge is 2.33. The lowest BCUT2D eigenvalue weighted by atomic mass is 9.88. The van der Waals surface area contributed by atoms with E-state index in [9.17, 15) is 4.79 Å². The molecule has 1 aliphatic rings. The molecule has 0 bridgehead atoms. The summed E-state index contributed by atoms with van der Waals surface area (Å²) in [6.07, 6.45) is -0.455. The van der Waals surface area contributed by atoms with Crippen molar-refractivity contribution in [3.63, 3.8) is 0 Å². The molecule has 3 nitrogen and oxygen atoms in total. The van der Waals surface area contributed by atoms with Gasteiger partial charge in [0.2, 0.25) is 5.91 Å². The van der Waals surface area contributed by atoms with E-state index in [1.807, 2.05) is 20.8 Å². The van der Waals surface area contributed by atoms with Crippen molar-refractivity contribution < 1.29 is 10.9 Å². The Bertz CT molecular complexity index is 188. The van der Waals surface area contributed by atoms with Crippen molar-refractivity contribution in [3.05, 3.63) is 0 Å². The summed E-state index contributed by atoms with van der Waals surface area (Å²) in [7, 11) is 0. The van der Waals surface area contributed by atoms with Crippen molar-refractivity contribution in [2.24, 2.45) is 5.41 Å². The molecule has 1 heterocycles. The third-order valence-corrected chi connectivity index (χ3v) is 1.65. The van der Waals surface area contributed by atoms with E-state index in [0.717, 1.165) is 5.31 Å². The topological polar surface area (TPSA) is 38.3 Å². The van der Waals surface area contributed by atoms with Gasteiger partial charge in [-0.1, -0.05) is 20.8 Å². The van der Waals surface area contributed by atoms with Crippen LogP contribution in [-0.4, -0.2) is 25.2 Å². The number of hydrogen-bond donors (Lipinski definition) is 1. The predicted molar refractivity (Wildman–Crippen MR) is 42.2 cm³/mol. The first-order valence-electron chi connectivity index (χ1n) is 4.29. The van der Waals surface area contributed by atoms with Crippen LogP contribution in [0.1, 0.15) is 20.8 Å². The van der Waals surface area contributed by atoms with Crippen molar-refractivity contribution >= 4 is 5.91 Å². The van der Waals surface area contributed by atoms with Crippen molar-refractivity contribution in [1.29, 1.82) is 0 Å². The van der Waals surface area contributed by atoms with Crippen molar-refractivity contribution in [1.82, 2.24) is 5.31 Å². The standard InChI is InChI=1S/C8H15NO2/c1-8(2,3)6-7(10)9-4-5-11-6/h6H,4-5H2,1-3H3,(H,9,10)/i/hD. The Morgan fingerprint density at radius 3 is 2.82 bits per heavy atom. The maximum atomic E-state index is 11.4. The lowest BCUT2D eigenvalue weighted by Gasteiger charge is -2.32. The van der Waals surface area contributed by atoms with Crippen LogP contribution in [0, 0.1) is 5.41 Å². The van der Waals surface area contributed by atoms with E-state index in [2.05, 4.69) is 0 Å². The van der Waals surface area contributed by atoms with E-state index in [1.54, 1.807) is 0 Å². The molecule has 1 fully saturated rings. The number of ether oxygens (including phenoxy) is 1. The highest BCUT2D eigenvalue weighted by molar-refractivity contribution is 5.82. The van der Waals surface area contributed by atoms with Crippen LogP contribution in [0.2, 0.25) is 1.41 Å². The van der Waals surface area contributed by atoms with E-state index in [1.165, 1.54) is 0 Å². The highest BCUT2D eigenvalue weighted by atomic mass is 16.5. The number of hydrogen-bond acceptors (Lipinski definition) is 2. The Morgan fingerprint density at radius 2 is 2.36 bits per heavy atom. The first-order chi connectivity index (χ1) is 5.43. The number of morpholine rings is 1. The molecule has 1 amide bonds. The molecule has 0 aliphatic carbocycles. The van der Waals surface area contributed by atoms with Gasteiger partial charge in [0.15, 0.2) is 1.41 Å². The number of carbonyl (C=O) groups is 1. The maximum Gasteiger partial charge on any atom is 0.249 e. The fraction of sp³-hybridized carbons (Fsp3) is 0.875. The van der Waals surface area contributed by atoms with E-state index in [-0.39, 0.29) is 11.3 Å². The van der Waals surface area contributed by atoms with Gasteiger partial charge in [-0.05, 0) is 5.41 Å². The van der Waals surface area contributed by atoms with Gasteiger partial charge < -0.3 is 10.0 Å². The Kier molecular flexibility index (Phi) is 1.82. The molecular formula is C8H15NO2. The molecule has 1 aliphatic heterocycles. The predicted octanol–water partition coefficient (Wildman–Crippen LogP) is 0.547. The zero-order valence-electron chi connectivity index (χ0n) is 8.26. The molecule has 3 heteroatoms. The van der Waals surface area contributed by atoms with Crippen LogP contribution in [0.3, 0.4) is 0 Å². The van der Waals surface area contributed by atoms with Crippen LogP contribution in [-0.2, 0) is 9.53 Å². The molecule has 64 valence electrons. The highest BCUT2D eigenvalue weighted by Crippen LogP contribution is 2.23. The van der Waals surface area contributed by atoms with Gasteiger partial charge in [0.25, 0.3) is 0 Å². The third kappa shape index (κ3) is 1.93. The lowest BCUT2D eigenvalue weighted by molar-refractivity contribution is -0.145. The normalized spacial score (nSPS) is 28.6. The number of nitrogens with one attached hydrogen (secondary N) is 1. The van der Waals surface area contributed by atoms with Crippen molar-refractivity contribution in [2.45, 2.75) is 26.9 Å². The Morgan fingerprint density at radius 1 is 1.73 bits per heavy atom. The monoisotopic (exact) mass is 158 g/mol. The first-order valence-corrected chi connectivity index (χ1v) is 3.85. The summed E-state index contributed by atoms with van der Waals surface area (Å²) < 4.78 is 12.6. The van der Waals surface area contributed by atoms with Crippen LogP contribution >= 0.6 is 0 Å². The summed E-state index contributed by atoms with van der Waals surface area (Å²) in [5, 5.41) is 0.986. The summed E-state index contributed by atoms with van der Waals surface area (Å²) in [5.74, 6) is -0.228. The molecule has 0 aromatic carbocycles. The van der Waals surface area contributed by atoms with Crippen LogP contribution < -0.4 is 5.31 Å². The van der Waals surface area contributed by atoms with Gasteiger partial charge in [0.1, 0.15) is 6.10 Å². The molecule has 1 unspecified atom stereocenters. The number of carbonyl (C=O) groups excluding carboxylic acids is 1. The quantitative estimate of drug-likeness (QED) is 0.559. The second-order valence-corrected chi connectivity index (χ2v) is 3.84. The molecule has 0 aromatic rings. The van der Waals surface area contributed by atoms with Gasteiger partial charge >= 0.3 is 0 Å². The summed E-state index contributed by atoms with van der Waals surface area (Å²) in [6, 6.07) is 0. The summed E-state index contributed by atoms with van der Waals surface area (Å²) >= 11 is 0. The second-order valence-electron chi connectivity index (χ2n) is 3.84. The average molecular weight is 158 g/mol. The molecule has 0 saturated carbocycles. The van der Waals surface area contributed by atoms with Gasteiger partial charge in [-0.25, -0.2) is 0 Å². The molecule has 0 spiro atoms. The Balaban J connectivity index is 2.71. The van der Waals surface area contributed by atoms with Crippen LogP contribution in [0.4, 0.5) is 0 Å². The molecule has 11 heavy (non-hydrogen) atoms. The Hall–Kier alpha value is -0.570. The lowest BCUT2D eigenvalue weighted by Crippen LogP contribution is -2.50. The van der Waals surface area contributed by atoms with Gasteiger partial charge in [-0.2, -0.15) is 0 Å². The van der Waals surface area contributed by atoms with Crippen LogP contribution in [0.5, 0.6) is 0 Å². The minimum atomic E-state index is -0.455. The molecule has 1 N–H and O–H groups in total. The van der Waals surface area contributed by atoms with Crippen LogP contribution in [0.25, 0.3) is 0 Å². The molecule has 1 rings (SSSR count). The molecule has 0 radical (unpaired) electrons. The summed E-state index contributed by atoms with van der Waals surface area (Å²) in [6.45, 7) is 6.67. The summed E-state index contributed by atoms with van der Waals surface area (Å²) in [5.41, 5.74) is -0.212. The number of rotatable bonds is 0. The fourth-order valence-electron chi connectivity index (χ4n) is 1.10. The minimum Gasteiger partial charge on any atom is -0.366 e. The summed E-state index contributed by atoms with van der Waals surface area (Å²) in [4.78, 5) is 11.4. The van der Waals surface area contributed by atoms with Gasteiger partial charge in [-0.15, -0.1) is 0 Å². The molecule has 1 atom stereocenters. The average Bonchev–Trinajstić information content (AvgIpc) is 1.92. The van der Waals surface area contributed by atoms with Crippen molar-refractivity contribution in [2.75, 3.05) is 13.2 Å². The molecule has 1 saturated heterocycles. The third-order valence-electron chi connectivity index (χ3n) is 1.65. The SMILES string of the molecule is [2H]N1CCOC(C(C)(C)C)C1=O. The van der Waals surface area contributed by atoms with Crippen LogP contribution in [0.15, 0.2) is 0 Å². The first kappa shape index (κ1) is 7.10. The van der Waals surface area contributed by atoms with E-state index in [4.69, 9.17) is 6.15 Å².